The lowest BCUT2D eigenvalue weighted by Gasteiger charge is -2.31. The Balaban J connectivity index is 2.23. The molecule has 0 radical (unpaired) electrons. The highest BCUT2D eigenvalue weighted by atomic mass is 16.6. The molecule has 0 aromatic rings. The lowest BCUT2D eigenvalue weighted by Crippen LogP contribution is -2.52. The number of ether oxygens (including phenoxy) is 5. The minimum Gasteiger partial charge on any atom is -0.467 e. The molecule has 160 valence electrons. The van der Waals surface area contributed by atoms with Crippen molar-refractivity contribution in [1.82, 2.24) is 5.32 Å². The monoisotopic (exact) mass is 403 g/mol. The van der Waals surface area contributed by atoms with E-state index in [0.717, 1.165) is 0 Å². The van der Waals surface area contributed by atoms with E-state index < -0.39 is 53.6 Å². The molecule has 2 heterocycles. The third-order valence-electron chi connectivity index (χ3n) is 4.65. The number of fused-ring (bicyclic) bond motifs is 1. The van der Waals surface area contributed by atoms with Gasteiger partial charge in [-0.1, -0.05) is 0 Å². The van der Waals surface area contributed by atoms with Crippen molar-refractivity contribution in [2.75, 3.05) is 20.8 Å². The fraction of sp³-hybridized carbons (Fsp3) is 0.833. The third kappa shape index (κ3) is 5.12. The number of alkyl carbamates (subject to hydrolysis) is 1. The van der Waals surface area contributed by atoms with Gasteiger partial charge in [-0.25, -0.2) is 14.4 Å². The van der Waals surface area contributed by atoms with Gasteiger partial charge in [-0.05, 0) is 27.2 Å². The van der Waals surface area contributed by atoms with E-state index in [9.17, 15) is 19.5 Å². The summed E-state index contributed by atoms with van der Waals surface area (Å²) >= 11 is 0. The predicted octanol–water partition coefficient (Wildman–Crippen LogP) is 0.293. The van der Waals surface area contributed by atoms with E-state index in [-0.39, 0.29) is 12.8 Å². The maximum Gasteiger partial charge on any atom is 0.408 e. The lowest BCUT2D eigenvalue weighted by atomic mass is 9.89. The van der Waals surface area contributed by atoms with E-state index in [1.165, 1.54) is 14.2 Å². The zero-order valence-corrected chi connectivity index (χ0v) is 16.9. The van der Waals surface area contributed by atoms with E-state index in [1.54, 1.807) is 20.8 Å². The quantitative estimate of drug-likeness (QED) is 0.491. The number of hydrogen-bond donors (Lipinski definition) is 2. The lowest BCUT2D eigenvalue weighted by molar-refractivity contribution is -0.181. The van der Waals surface area contributed by atoms with Gasteiger partial charge in [0.05, 0.1) is 26.4 Å². The molecule has 0 spiro atoms. The van der Waals surface area contributed by atoms with E-state index >= 15 is 0 Å². The first-order chi connectivity index (χ1) is 13.0. The summed E-state index contributed by atoms with van der Waals surface area (Å²) < 4.78 is 26.3. The largest absolute Gasteiger partial charge is 0.467 e. The molecule has 10 nitrogen and oxygen atoms in total. The summed E-state index contributed by atoms with van der Waals surface area (Å²) in [6, 6.07) is -1.23. The van der Waals surface area contributed by atoms with Crippen LogP contribution >= 0.6 is 0 Å². The molecule has 2 fully saturated rings. The first kappa shape index (κ1) is 22.4. The van der Waals surface area contributed by atoms with Gasteiger partial charge >= 0.3 is 18.0 Å². The van der Waals surface area contributed by atoms with Crippen LogP contribution in [0.5, 0.6) is 0 Å². The van der Waals surface area contributed by atoms with Crippen LogP contribution in [0.15, 0.2) is 0 Å². The number of amides is 1. The molecule has 2 rings (SSSR count). The number of rotatable bonds is 5. The summed E-state index contributed by atoms with van der Waals surface area (Å²) in [4.78, 5) is 37.0. The van der Waals surface area contributed by atoms with Crippen LogP contribution in [-0.4, -0.2) is 79.5 Å². The number of carbonyl (C=O) groups is 3. The normalized spacial score (nSPS) is 30.7. The van der Waals surface area contributed by atoms with E-state index in [0.29, 0.717) is 13.0 Å². The standard InChI is InChI=1S/C18H29NO9/c1-17(2,3)28-16(23)19-10(14(21)24-4)8-18(15(22)25-5)9-12-13(27-18)11(20)6-7-26-12/h10-13,20H,6-9H2,1-5H3,(H,19,23)/t10-,11-,12+,13+,18+/m0/s1. The van der Waals surface area contributed by atoms with Crippen LogP contribution in [0.4, 0.5) is 4.79 Å². The fourth-order valence-electron chi connectivity index (χ4n) is 3.46. The second-order valence-corrected chi connectivity index (χ2v) is 7.96. The van der Waals surface area contributed by atoms with Gasteiger partial charge in [0, 0.05) is 19.4 Å². The highest BCUT2D eigenvalue weighted by Crippen LogP contribution is 2.41. The van der Waals surface area contributed by atoms with Crippen molar-refractivity contribution in [2.45, 2.75) is 75.6 Å². The molecule has 2 aliphatic rings. The third-order valence-corrected chi connectivity index (χ3v) is 4.65. The zero-order chi connectivity index (χ0) is 21.1. The molecule has 0 unspecified atom stereocenters. The van der Waals surface area contributed by atoms with E-state index in [2.05, 4.69) is 5.32 Å². The van der Waals surface area contributed by atoms with Crippen molar-refractivity contribution < 1.29 is 43.2 Å². The molecule has 0 saturated carbocycles. The molecule has 2 N–H and O–H groups in total. The maximum atomic E-state index is 12.6. The highest BCUT2D eigenvalue weighted by molar-refractivity contribution is 5.85. The van der Waals surface area contributed by atoms with Crippen molar-refractivity contribution in [3.63, 3.8) is 0 Å². The average molecular weight is 403 g/mol. The van der Waals surface area contributed by atoms with Gasteiger partial charge < -0.3 is 34.1 Å². The van der Waals surface area contributed by atoms with Gasteiger partial charge in [-0.2, -0.15) is 0 Å². The van der Waals surface area contributed by atoms with Crippen molar-refractivity contribution in [3.05, 3.63) is 0 Å². The number of aliphatic hydroxyl groups excluding tert-OH is 1. The minimum absolute atomic E-state index is 0.0743. The number of aliphatic hydroxyl groups is 1. The summed E-state index contributed by atoms with van der Waals surface area (Å²) in [5, 5.41) is 12.6. The SMILES string of the molecule is COC(=O)[C@H](C[C@]1(C(=O)OC)C[C@H]2OCC[C@H](O)[C@H]2O1)NC(=O)OC(C)(C)C. The van der Waals surface area contributed by atoms with Crippen LogP contribution < -0.4 is 5.32 Å². The molecule has 2 aliphatic heterocycles. The van der Waals surface area contributed by atoms with Gasteiger partial charge in [0.1, 0.15) is 17.7 Å². The fourth-order valence-corrected chi connectivity index (χ4v) is 3.46. The van der Waals surface area contributed by atoms with Crippen LogP contribution in [0, 0.1) is 0 Å². The molecule has 1 amide bonds. The van der Waals surface area contributed by atoms with Crippen LogP contribution in [-0.2, 0) is 33.3 Å². The molecule has 5 atom stereocenters. The first-order valence-corrected chi connectivity index (χ1v) is 9.14. The summed E-state index contributed by atoms with van der Waals surface area (Å²) in [5.41, 5.74) is -2.36. The number of methoxy groups -OCH3 is 2. The van der Waals surface area contributed by atoms with Crippen molar-refractivity contribution in [2.24, 2.45) is 0 Å². The molecular weight excluding hydrogens is 374 g/mol. The molecule has 28 heavy (non-hydrogen) atoms. The second-order valence-electron chi connectivity index (χ2n) is 7.96. The van der Waals surface area contributed by atoms with E-state index in [1.807, 2.05) is 0 Å². The Bertz CT molecular complexity index is 602. The number of carbonyl (C=O) groups excluding carboxylic acids is 3. The summed E-state index contributed by atoms with van der Waals surface area (Å²) in [6.07, 6.45) is -2.71. The van der Waals surface area contributed by atoms with Crippen LogP contribution in [0.1, 0.15) is 40.0 Å². The molecule has 10 heteroatoms. The topological polar surface area (TPSA) is 130 Å². The van der Waals surface area contributed by atoms with Gasteiger partial charge in [-0.15, -0.1) is 0 Å². The average Bonchev–Trinajstić information content (AvgIpc) is 2.99. The molecular formula is C18H29NO9. The Hall–Kier alpha value is -1.91. The zero-order valence-electron chi connectivity index (χ0n) is 16.9. The van der Waals surface area contributed by atoms with Gasteiger partial charge in [-0.3, -0.25) is 0 Å². The van der Waals surface area contributed by atoms with Crippen LogP contribution in [0.3, 0.4) is 0 Å². The van der Waals surface area contributed by atoms with E-state index in [4.69, 9.17) is 23.7 Å². The molecule has 0 aromatic heterocycles. The van der Waals surface area contributed by atoms with Gasteiger partial charge in [0.25, 0.3) is 0 Å². The van der Waals surface area contributed by atoms with Crippen molar-refractivity contribution in [1.29, 1.82) is 0 Å². The number of esters is 2. The molecule has 0 bridgehead atoms. The Labute approximate surface area is 163 Å². The van der Waals surface area contributed by atoms with Gasteiger partial charge in [0.2, 0.25) is 0 Å². The number of hydrogen-bond acceptors (Lipinski definition) is 9. The number of nitrogens with one attached hydrogen (secondary N) is 1. The Morgan fingerprint density at radius 2 is 1.93 bits per heavy atom. The maximum absolute atomic E-state index is 12.6. The summed E-state index contributed by atoms with van der Waals surface area (Å²) in [7, 11) is 2.36. The molecule has 0 aromatic carbocycles. The second kappa shape index (κ2) is 8.62. The smallest absolute Gasteiger partial charge is 0.408 e. The highest BCUT2D eigenvalue weighted by Gasteiger charge is 2.57. The summed E-state index contributed by atoms with van der Waals surface area (Å²) in [6.45, 7) is 5.37. The molecule has 0 aliphatic carbocycles. The van der Waals surface area contributed by atoms with Crippen molar-refractivity contribution >= 4 is 18.0 Å². The minimum atomic E-state index is -1.58. The first-order valence-electron chi connectivity index (χ1n) is 9.14. The Kier molecular flexibility index (Phi) is 6.89. The Morgan fingerprint density at radius 3 is 2.46 bits per heavy atom. The van der Waals surface area contributed by atoms with Gasteiger partial charge in [0.15, 0.2) is 5.60 Å². The summed E-state index contributed by atoms with van der Waals surface area (Å²) in [5.74, 6) is -1.49. The van der Waals surface area contributed by atoms with Crippen LogP contribution in [0.2, 0.25) is 0 Å². The Morgan fingerprint density at radius 1 is 1.25 bits per heavy atom. The van der Waals surface area contributed by atoms with Crippen molar-refractivity contribution in [3.8, 4) is 0 Å². The molecule has 2 saturated heterocycles. The van der Waals surface area contributed by atoms with Crippen LogP contribution in [0.25, 0.3) is 0 Å². The predicted molar refractivity (Wildman–Crippen MR) is 94.4 cm³/mol.